The number of halogens is 1. The van der Waals surface area contributed by atoms with Gasteiger partial charge >= 0.3 is 0 Å². The fourth-order valence-electron chi connectivity index (χ4n) is 2.39. The van der Waals surface area contributed by atoms with E-state index in [4.69, 9.17) is 11.6 Å². The molecule has 0 spiro atoms. The highest BCUT2D eigenvalue weighted by Crippen LogP contribution is 2.24. The van der Waals surface area contributed by atoms with Crippen molar-refractivity contribution in [3.8, 4) is 5.69 Å². The fraction of sp³-hybridized carbons (Fsp3) is 0.500. The molecule has 1 aliphatic rings. The molecule has 5 heteroatoms. The predicted molar refractivity (Wildman–Crippen MR) is 85.0 cm³/mol. The van der Waals surface area contributed by atoms with Crippen LogP contribution in [0.3, 0.4) is 0 Å². The summed E-state index contributed by atoms with van der Waals surface area (Å²) in [4.78, 5) is 4.59. The molecule has 3 rings (SSSR count). The van der Waals surface area contributed by atoms with Gasteiger partial charge in [-0.05, 0) is 30.5 Å². The summed E-state index contributed by atoms with van der Waals surface area (Å²) >= 11 is 6.20. The molecule has 0 saturated heterocycles. The molecule has 4 nitrogen and oxygen atoms in total. The van der Waals surface area contributed by atoms with Crippen LogP contribution < -0.4 is 5.32 Å². The standard InChI is InChI=1S/C16H21ClN4/c1-3-15-19-16(4-2)21(20-15)14-9-12(17)6-5-11(14)10-18-13-7-8-13/h5-6,9,13,18H,3-4,7-8,10H2,1-2H3. The maximum absolute atomic E-state index is 6.20. The quantitative estimate of drug-likeness (QED) is 0.890. The Hall–Kier alpha value is -1.39. The molecule has 0 aliphatic heterocycles. The van der Waals surface area contributed by atoms with E-state index in [9.17, 15) is 0 Å². The average Bonchev–Trinajstić information content (AvgIpc) is 3.23. The fourth-order valence-corrected chi connectivity index (χ4v) is 2.56. The van der Waals surface area contributed by atoms with Crippen molar-refractivity contribution in [1.82, 2.24) is 20.1 Å². The van der Waals surface area contributed by atoms with Gasteiger partial charge < -0.3 is 5.32 Å². The largest absolute Gasteiger partial charge is 0.310 e. The Balaban J connectivity index is 1.98. The number of rotatable bonds is 6. The molecule has 1 fully saturated rings. The summed E-state index contributed by atoms with van der Waals surface area (Å²) in [7, 11) is 0. The first-order chi connectivity index (χ1) is 10.2. The van der Waals surface area contributed by atoms with E-state index in [1.807, 2.05) is 16.8 Å². The highest BCUT2D eigenvalue weighted by molar-refractivity contribution is 6.30. The second kappa shape index (κ2) is 6.16. The number of nitrogens with zero attached hydrogens (tertiary/aromatic N) is 3. The highest BCUT2D eigenvalue weighted by Gasteiger charge is 2.21. The van der Waals surface area contributed by atoms with Gasteiger partial charge in [0.15, 0.2) is 5.82 Å². The number of hydrogen-bond acceptors (Lipinski definition) is 3. The SMILES string of the molecule is CCc1nc(CC)n(-c2cc(Cl)ccc2CNC2CC2)n1. The Bertz CT molecular complexity index is 631. The summed E-state index contributed by atoms with van der Waals surface area (Å²) in [5.74, 6) is 1.87. The Morgan fingerprint density at radius 3 is 2.76 bits per heavy atom. The second-order valence-electron chi connectivity index (χ2n) is 5.49. The molecule has 2 aromatic rings. The van der Waals surface area contributed by atoms with Crippen molar-refractivity contribution in [3.05, 3.63) is 40.4 Å². The lowest BCUT2D eigenvalue weighted by Crippen LogP contribution is -2.17. The van der Waals surface area contributed by atoms with Gasteiger partial charge in [-0.3, -0.25) is 0 Å². The molecule has 1 aromatic carbocycles. The van der Waals surface area contributed by atoms with Crippen molar-refractivity contribution in [3.63, 3.8) is 0 Å². The summed E-state index contributed by atoms with van der Waals surface area (Å²) in [6.45, 7) is 5.03. The van der Waals surface area contributed by atoms with Crippen molar-refractivity contribution in [2.24, 2.45) is 0 Å². The van der Waals surface area contributed by atoms with E-state index in [0.29, 0.717) is 6.04 Å². The molecule has 0 bridgehead atoms. The first-order valence-electron chi connectivity index (χ1n) is 7.68. The topological polar surface area (TPSA) is 42.7 Å². The zero-order valence-electron chi connectivity index (χ0n) is 12.6. The minimum Gasteiger partial charge on any atom is -0.310 e. The molecule has 1 N–H and O–H groups in total. The minimum atomic E-state index is 0.682. The Kier molecular flexibility index (Phi) is 4.27. The van der Waals surface area contributed by atoms with Gasteiger partial charge in [0, 0.05) is 30.5 Å². The van der Waals surface area contributed by atoms with E-state index in [1.165, 1.54) is 18.4 Å². The minimum absolute atomic E-state index is 0.682. The molecule has 1 heterocycles. The van der Waals surface area contributed by atoms with Crippen molar-refractivity contribution < 1.29 is 0 Å². The molecule has 0 radical (unpaired) electrons. The summed E-state index contributed by atoms with van der Waals surface area (Å²) in [6.07, 6.45) is 4.27. The average molecular weight is 305 g/mol. The third-order valence-electron chi connectivity index (χ3n) is 3.78. The lowest BCUT2D eigenvalue weighted by molar-refractivity contribution is 0.677. The van der Waals surface area contributed by atoms with Crippen molar-refractivity contribution in [1.29, 1.82) is 0 Å². The van der Waals surface area contributed by atoms with Crippen molar-refractivity contribution >= 4 is 11.6 Å². The second-order valence-corrected chi connectivity index (χ2v) is 5.93. The van der Waals surface area contributed by atoms with Gasteiger partial charge in [-0.2, -0.15) is 5.10 Å². The summed E-state index contributed by atoms with van der Waals surface area (Å²) in [5, 5.41) is 8.92. The van der Waals surface area contributed by atoms with Crippen LogP contribution in [0, 0.1) is 0 Å². The number of benzene rings is 1. The van der Waals surface area contributed by atoms with Gasteiger partial charge in [0.05, 0.1) is 5.69 Å². The van der Waals surface area contributed by atoms with Crippen LogP contribution in [0.4, 0.5) is 0 Å². The maximum Gasteiger partial charge on any atom is 0.151 e. The van der Waals surface area contributed by atoms with Crippen LogP contribution >= 0.6 is 11.6 Å². The molecule has 1 saturated carbocycles. The van der Waals surface area contributed by atoms with Gasteiger partial charge in [-0.1, -0.05) is 31.5 Å². The van der Waals surface area contributed by atoms with E-state index in [2.05, 4.69) is 35.3 Å². The van der Waals surface area contributed by atoms with E-state index >= 15 is 0 Å². The van der Waals surface area contributed by atoms with Gasteiger partial charge in [-0.15, -0.1) is 0 Å². The molecule has 0 atom stereocenters. The Morgan fingerprint density at radius 1 is 1.29 bits per heavy atom. The third-order valence-corrected chi connectivity index (χ3v) is 4.02. The van der Waals surface area contributed by atoms with Gasteiger partial charge in [0.2, 0.25) is 0 Å². The first kappa shape index (κ1) is 14.5. The summed E-state index contributed by atoms with van der Waals surface area (Å²) in [5.41, 5.74) is 2.26. The lowest BCUT2D eigenvalue weighted by atomic mass is 10.1. The van der Waals surface area contributed by atoms with Crippen molar-refractivity contribution in [2.75, 3.05) is 0 Å². The van der Waals surface area contributed by atoms with Crippen LogP contribution in [0.5, 0.6) is 0 Å². The monoisotopic (exact) mass is 304 g/mol. The molecular formula is C16H21ClN4. The molecule has 112 valence electrons. The normalized spacial score (nSPS) is 14.6. The van der Waals surface area contributed by atoms with Crippen LogP contribution in [0.15, 0.2) is 18.2 Å². The third kappa shape index (κ3) is 3.27. The van der Waals surface area contributed by atoms with Crippen LogP contribution in [0.25, 0.3) is 5.69 Å². The highest BCUT2D eigenvalue weighted by atomic mass is 35.5. The van der Waals surface area contributed by atoms with E-state index in [-0.39, 0.29) is 0 Å². The Labute approximate surface area is 130 Å². The van der Waals surface area contributed by atoms with Crippen molar-refractivity contribution in [2.45, 2.75) is 52.1 Å². The summed E-state index contributed by atoms with van der Waals surface area (Å²) in [6, 6.07) is 6.69. The Morgan fingerprint density at radius 2 is 2.10 bits per heavy atom. The van der Waals surface area contributed by atoms with Crippen LogP contribution in [-0.2, 0) is 19.4 Å². The van der Waals surface area contributed by atoms with E-state index < -0.39 is 0 Å². The molecule has 1 aliphatic carbocycles. The zero-order valence-corrected chi connectivity index (χ0v) is 13.3. The number of nitrogens with one attached hydrogen (secondary N) is 1. The summed E-state index contributed by atoms with van der Waals surface area (Å²) < 4.78 is 1.95. The molecule has 21 heavy (non-hydrogen) atoms. The number of hydrogen-bond donors (Lipinski definition) is 1. The molecule has 0 amide bonds. The van der Waals surface area contributed by atoms with Gasteiger partial charge in [0.25, 0.3) is 0 Å². The van der Waals surface area contributed by atoms with E-state index in [0.717, 1.165) is 41.7 Å². The maximum atomic E-state index is 6.20. The van der Waals surface area contributed by atoms with Crippen LogP contribution in [0.1, 0.15) is 43.9 Å². The molecule has 1 aromatic heterocycles. The zero-order chi connectivity index (χ0) is 14.8. The lowest BCUT2D eigenvalue weighted by Gasteiger charge is -2.12. The van der Waals surface area contributed by atoms with E-state index in [1.54, 1.807) is 0 Å². The molecular weight excluding hydrogens is 284 g/mol. The smallest absolute Gasteiger partial charge is 0.151 e. The molecule has 0 unspecified atom stereocenters. The van der Waals surface area contributed by atoms with Gasteiger partial charge in [0.1, 0.15) is 5.82 Å². The van der Waals surface area contributed by atoms with Gasteiger partial charge in [-0.25, -0.2) is 9.67 Å². The first-order valence-corrected chi connectivity index (χ1v) is 8.06. The van der Waals surface area contributed by atoms with Crippen LogP contribution in [-0.4, -0.2) is 20.8 Å². The number of aromatic nitrogens is 3. The van der Waals surface area contributed by atoms with Crippen LogP contribution in [0.2, 0.25) is 5.02 Å². The number of aryl methyl sites for hydroxylation is 2. The predicted octanol–water partition coefficient (Wildman–Crippen LogP) is 3.30.